The number of aliphatic hydroxyl groups is 1. The van der Waals surface area contributed by atoms with Crippen LogP contribution in [0.2, 0.25) is 0 Å². The smallest absolute Gasteiger partial charge is 0.0791 e. The fourth-order valence-corrected chi connectivity index (χ4v) is 1.22. The summed E-state index contributed by atoms with van der Waals surface area (Å²) in [7, 11) is 3.94. The minimum Gasteiger partial charge on any atom is -0.390 e. The summed E-state index contributed by atoms with van der Waals surface area (Å²) >= 11 is 0. The third kappa shape index (κ3) is 9.96. The van der Waals surface area contributed by atoms with E-state index in [1.807, 2.05) is 19.0 Å². The lowest BCUT2D eigenvalue weighted by Crippen LogP contribution is -2.36. The van der Waals surface area contributed by atoms with Crippen LogP contribution in [-0.4, -0.2) is 49.8 Å². The van der Waals surface area contributed by atoms with E-state index < -0.39 is 0 Å². The van der Waals surface area contributed by atoms with Crippen LogP contribution in [0.5, 0.6) is 0 Å². The van der Waals surface area contributed by atoms with E-state index in [2.05, 4.69) is 26.1 Å². The van der Waals surface area contributed by atoms with Gasteiger partial charge in [-0.15, -0.1) is 0 Å². The molecule has 0 aliphatic rings. The Morgan fingerprint density at radius 2 is 1.86 bits per heavy atom. The molecule has 0 spiro atoms. The lowest BCUT2D eigenvalue weighted by molar-refractivity contribution is 0.134. The number of likely N-dealkylation sites (N-methyl/N-ethyl adjacent to an activating group) is 1. The summed E-state index contributed by atoms with van der Waals surface area (Å²) < 4.78 is 0. The van der Waals surface area contributed by atoms with Crippen molar-refractivity contribution >= 4 is 0 Å². The second-order valence-electron chi connectivity index (χ2n) is 5.43. The van der Waals surface area contributed by atoms with Crippen molar-refractivity contribution in [3.05, 3.63) is 0 Å². The van der Waals surface area contributed by atoms with Gasteiger partial charge in [-0.2, -0.15) is 0 Å². The van der Waals surface area contributed by atoms with Crippen molar-refractivity contribution in [1.82, 2.24) is 10.2 Å². The van der Waals surface area contributed by atoms with E-state index in [4.69, 9.17) is 0 Å². The van der Waals surface area contributed by atoms with E-state index >= 15 is 0 Å². The van der Waals surface area contributed by atoms with E-state index in [1.165, 1.54) is 0 Å². The first-order valence-electron chi connectivity index (χ1n) is 5.35. The number of aliphatic hydroxyl groups excluding tert-OH is 1. The molecule has 3 heteroatoms. The largest absolute Gasteiger partial charge is 0.390 e. The molecule has 1 unspecified atom stereocenters. The van der Waals surface area contributed by atoms with Gasteiger partial charge in [0.15, 0.2) is 0 Å². The fourth-order valence-electron chi connectivity index (χ4n) is 1.22. The summed E-state index contributed by atoms with van der Waals surface area (Å²) in [6, 6.07) is 0. The molecule has 0 fully saturated rings. The van der Waals surface area contributed by atoms with Gasteiger partial charge < -0.3 is 15.3 Å². The van der Waals surface area contributed by atoms with Crippen molar-refractivity contribution in [2.45, 2.75) is 33.3 Å². The summed E-state index contributed by atoms with van der Waals surface area (Å²) in [5, 5.41) is 12.8. The van der Waals surface area contributed by atoms with Crippen molar-refractivity contribution in [2.75, 3.05) is 33.7 Å². The van der Waals surface area contributed by atoms with Crippen LogP contribution in [0.4, 0.5) is 0 Å². The van der Waals surface area contributed by atoms with Gasteiger partial charge in [-0.05, 0) is 32.5 Å². The Kier molecular flexibility index (Phi) is 6.33. The minimum atomic E-state index is -0.259. The van der Waals surface area contributed by atoms with Crippen LogP contribution in [0.1, 0.15) is 27.2 Å². The molecule has 0 heterocycles. The maximum atomic E-state index is 9.54. The maximum absolute atomic E-state index is 9.54. The first kappa shape index (κ1) is 13.9. The van der Waals surface area contributed by atoms with E-state index in [0.717, 1.165) is 19.5 Å². The third-order valence-electron chi connectivity index (χ3n) is 2.01. The zero-order chi connectivity index (χ0) is 11.2. The number of rotatable bonds is 6. The molecule has 14 heavy (non-hydrogen) atoms. The highest BCUT2D eigenvalue weighted by atomic mass is 16.3. The van der Waals surface area contributed by atoms with Gasteiger partial charge in [-0.1, -0.05) is 20.8 Å². The quantitative estimate of drug-likeness (QED) is 0.629. The summed E-state index contributed by atoms with van der Waals surface area (Å²) in [6.45, 7) is 9.07. The second-order valence-corrected chi connectivity index (χ2v) is 5.43. The SMILES string of the molecule is CN(C)CC(O)CNCCC(C)(C)C. The molecule has 86 valence electrons. The lowest BCUT2D eigenvalue weighted by Gasteiger charge is -2.20. The number of hydrogen-bond acceptors (Lipinski definition) is 3. The van der Waals surface area contributed by atoms with Crippen LogP contribution in [-0.2, 0) is 0 Å². The molecule has 0 rings (SSSR count). The van der Waals surface area contributed by atoms with Crippen LogP contribution >= 0.6 is 0 Å². The maximum Gasteiger partial charge on any atom is 0.0791 e. The zero-order valence-electron chi connectivity index (χ0n) is 10.3. The molecule has 0 bridgehead atoms. The molecule has 0 aromatic heterocycles. The highest BCUT2D eigenvalue weighted by Crippen LogP contribution is 2.16. The lowest BCUT2D eigenvalue weighted by atomic mass is 9.92. The summed E-state index contributed by atoms with van der Waals surface area (Å²) in [5.74, 6) is 0. The van der Waals surface area contributed by atoms with Gasteiger partial charge in [0, 0.05) is 13.1 Å². The molecule has 2 N–H and O–H groups in total. The average molecular weight is 202 g/mol. The van der Waals surface area contributed by atoms with E-state index in [-0.39, 0.29) is 6.10 Å². The standard InChI is InChI=1S/C11H26N2O/c1-11(2,3)6-7-12-8-10(14)9-13(4)5/h10,12,14H,6-9H2,1-5H3. The van der Waals surface area contributed by atoms with Crippen LogP contribution in [0.3, 0.4) is 0 Å². The molecule has 0 saturated heterocycles. The van der Waals surface area contributed by atoms with Gasteiger partial charge in [0.2, 0.25) is 0 Å². The highest BCUT2D eigenvalue weighted by Gasteiger charge is 2.10. The van der Waals surface area contributed by atoms with Gasteiger partial charge in [-0.3, -0.25) is 0 Å². The van der Waals surface area contributed by atoms with Gasteiger partial charge in [0.1, 0.15) is 0 Å². The summed E-state index contributed by atoms with van der Waals surface area (Å²) in [4.78, 5) is 2.00. The third-order valence-corrected chi connectivity index (χ3v) is 2.01. The zero-order valence-corrected chi connectivity index (χ0v) is 10.3. The Balaban J connectivity index is 3.36. The first-order chi connectivity index (χ1) is 6.31. The number of nitrogens with zero attached hydrogens (tertiary/aromatic N) is 1. The number of nitrogens with one attached hydrogen (secondary N) is 1. The minimum absolute atomic E-state index is 0.259. The molecule has 0 aliphatic heterocycles. The Labute approximate surface area is 88.5 Å². The van der Waals surface area contributed by atoms with Crippen molar-refractivity contribution in [2.24, 2.45) is 5.41 Å². The van der Waals surface area contributed by atoms with E-state index in [1.54, 1.807) is 0 Å². The predicted molar refractivity (Wildman–Crippen MR) is 61.5 cm³/mol. The Morgan fingerprint density at radius 1 is 1.29 bits per heavy atom. The molecule has 0 radical (unpaired) electrons. The predicted octanol–water partition coefficient (Wildman–Crippen LogP) is 0.935. The molecule has 0 aromatic rings. The van der Waals surface area contributed by atoms with Crippen molar-refractivity contribution < 1.29 is 5.11 Å². The molecule has 0 aromatic carbocycles. The van der Waals surface area contributed by atoms with Crippen LogP contribution < -0.4 is 5.32 Å². The molecular weight excluding hydrogens is 176 g/mol. The first-order valence-corrected chi connectivity index (χ1v) is 5.35. The van der Waals surface area contributed by atoms with E-state index in [9.17, 15) is 5.11 Å². The van der Waals surface area contributed by atoms with Gasteiger partial charge in [0.05, 0.1) is 6.10 Å². The number of hydrogen-bond donors (Lipinski definition) is 2. The second kappa shape index (κ2) is 6.38. The Hall–Kier alpha value is -0.120. The average Bonchev–Trinajstić information content (AvgIpc) is 1.95. The van der Waals surface area contributed by atoms with Gasteiger partial charge >= 0.3 is 0 Å². The molecule has 0 aliphatic carbocycles. The van der Waals surface area contributed by atoms with Gasteiger partial charge in [0.25, 0.3) is 0 Å². The topological polar surface area (TPSA) is 35.5 Å². The van der Waals surface area contributed by atoms with Gasteiger partial charge in [-0.25, -0.2) is 0 Å². The normalized spacial score (nSPS) is 14.8. The van der Waals surface area contributed by atoms with Crippen LogP contribution in [0.25, 0.3) is 0 Å². The molecular formula is C11H26N2O. The van der Waals surface area contributed by atoms with Crippen molar-refractivity contribution in [3.63, 3.8) is 0 Å². The molecule has 0 saturated carbocycles. The van der Waals surface area contributed by atoms with E-state index in [0.29, 0.717) is 12.0 Å². The highest BCUT2D eigenvalue weighted by molar-refractivity contribution is 4.66. The Morgan fingerprint density at radius 3 is 2.29 bits per heavy atom. The molecule has 1 atom stereocenters. The summed E-state index contributed by atoms with van der Waals surface area (Å²) in [5.41, 5.74) is 0.375. The van der Waals surface area contributed by atoms with Crippen LogP contribution in [0, 0.1) is 5.41 Å². The monoisotopic (exact) mass is 202 g/mol. The van der Waals surface area contributed by atoms with Crippen molar-refractivity contribution in [1.29, 1.82) is 0 Å². The van der Waals surface area contributed by atoms with Crippen LogP contribution in [0.15, 0.2) is 0 Å². The summed E-state index contributed by atoms with van der Waals surface area (Å²) in [6.07, 6.45) is 0.881. The van der Waals surface area contributed by atoms with Crippen molar-refractivity contribution in [3.8, 4) is 0 Å². The Bertz CT molecular complexity index is 141. The fraction of sp³-hybridized carbons (Fsp3) is 1.00. The molecule has 3 nitrogen and oxygen atoms in total. The molecule has 0 amide bonds.